The van der Waals surface area contributed by atoms with Gasteiger partial charge in [-0.15, -0.1) is 0 Å². The Kier molecular flexibility index (Phi) is 3.09. The van der Waals surface area contributed by atoms with Gasteiger partial charge >= 0.3 is 0 Å². The molecule has 0 aromatic rings. The summed E-state index contributed by atoms with van der Waals surface area (Å²) < 4.78 is 12.1. The highest BCUT2D eigenvalue weighted by atomic mass is 19.1. The fraction of sp³-hybridized carbons (Fsp3) is 1.00. The lowest BCUT2D eigenvalue weighted by molar-refractivity contribution is 0.188. The summed E-state index contributed by atoms with van der Waals surface area (Å²) in [6.45, 7) is 5.78. The van der Waals surface area contributed by atoms with Gasteiger partial charge in [0, 0.05) is 25.7 Å². The SMILES string of the molecule is CCN1CCN[C@@H](CF)C1. The minimum Gasteiger partial charge on any atom is -0.309 e. The summed E-state index contributed by atoms with van der Waals surface area (Å²) in [6, 6.07) is 0.0775. The third kappa shape index (κ3) is 1.92. The number of nitrogens with one attached hydrogen (secondary N) is 1. The van der Waals surface area contributed by atoms with Gasteiger partial charge in [-0.1, -0.05) is 6.92 Å². The highest BCUT2D eigenvalue weighted by Crippen LogP contribution is 1.98. The van der Waals surface area contributed by atoms with Gasteiger partial charge in [0.2, 0.25) is 0 Å². The Morgan fingerprint density at radius 1 is 1.70 bits per heavy atom. The van der Waals surface area contributed by atoms with E-state index < -0.39 is 0 Å². The van der Waals surface area contributed by atoms with Crippen LogP contribution in [-0.2, 0) is 0 Å². The molecule has 1 heterocycles. The first kappa shape index (κ1) is 7.95. The minimum atomic E-state index is -0.240. The molecule has 1 saturated heterocycles. The van der Waals surface area contributed by atoms with Crippen molar-refractivity contribution >= 4 is 0 Å². The van der Waals surface area contributed by atoms with Crippen LogP contribution in [0.4, 0.5) is 4.39 Å². The largest absolute Gasteiger partial charge is 0.309 e. The summed E-state index contributed by atoms with van der Waals surface area (Å²) >= 11 is 0. The third-order valence-corrected chi connectivity index (χ3v) is 1.97. The van der Waals surface area contributed by atoms with Crippen molar-refractivity contribution in [2.75, 3.05) is 32.9 Å². The van der Waals surface area contributed by atoms with E-state index in [4.69, 9.17) is 0 Å². The lowest BCUT2D eigenvalue weighted by Gasteiger charge is -2.31. The van der Waals surface area contributed by atoms with Crippen molar-refractivity contribution in [1.29, 1.82) is 0 Å². The molecule has 0 bridgehead atoms. The van der Waals surface area contributed by atoms with Crippen LogP contribution in [-0.4, -0.2) is 43.8 Å². The number of piperazine rings is 1. The van der Waals surface area contributed by atoms with Gasteiger partial charge in [-0.3, -0.25) is 0 Å². The quantitative estimate of drug-likeness (QED) is 0.600. The number of nitrogens with zero attached hydrogens (tertiary/aromatic N) is 1. The second-order valence-corrected chi connectivity index (χ2v) is 2.70. The van der Waals surface area contributed by atoms with E-state index in [2.05, 4.69) is 17.1 Å². The fourth-order valence-electron chi connectivity index (χ4n) is 1.28. The van der Waals surface area contributed by atoms with E-state index in [1.165, 1.54) is 0 Å². The number of likely N-dealkylation sites (N-methyl/N-ethyl adjacent to an activating group) is 1. The van der Waals surface area contributed by atoms with E-state index in [1.54, 1.807) is 0 Å². The van der Waals surface area contributed by atoms with E-state index in [1.807, 2.05) is 0 Å². The van der Waals surface area contributed by atoms with Gasteiger partial charge in [-0.2, -0.15) is 0 Å². The Labute approximate surface area is 61.4 Å². The molecule has 1 aliphatic heterocycles. The van der Waals surface area contributed by atoms with Gasteiger partial charge in [0.25, 0.3) is 0 Å². The van der Waals surface area contributed by atoms with Gasteiger partial charge in [0.15, 0.2) is 0 Å². The van der Waals surface area contributed by atoms with Crippen molar-refractivity contribution in [1.82, 2.24) is 10.2 Å². The molecule has 60 valence electrons. The highest BCUT2D eigenvalue weighted by Gasteiger charge is 2.16. The van der Waals surface area contributed by atoms with Crippen LogP contribution in [0.25, 0.3) is 0 Å². The molecule has 0 aromatic heterocycles. The maximum Gasteiger partial charge on any atom is 0.106 e. The number of rotatable bonds is 2. The monoisotopic (exact) mass is 146 g/mol. The first-order valence-electron chi connectivity index (χ1n) is 3.88. The van der Waals surface area contributed by atoms with E-state index in [9.17, 15) is 4.39 Å². The average molecular weight is 146 g/mol. The molecule has 3 heteroatoms. The summed E-state index contributed by atoms with van der Waals surface area (Å²) in [5.41, 5.74) is 0. The minimum absolute atomic E-state index is 0.0775. The van der Waals surface area contributed by atoms with Gasteiger partial charge < -0.3 is 10.2 Å². The Bertz CT molecular complexity index is 87.6. The van der Waals surface area contributed by atoms with E-state index in [0.29, 0.717) is 0 Å². The Morgan fingerprint density at radius 2 is 2.50 bits per heavy atom. The first-order valence-corrected chi connectivity index (χ1v) is 3.88. The summed E-state index contributed by atoms with van der Waals surface area (Å²) in [6.07, 6.45) is 0. The number of halogens is 1. The molecule has 2 nitrogen and oxygen atoms in total. The molecular weight excluding hydrogens is 131 g/mol. The van der Waals surface area contributed by atoms with Gasteiger partial charge in [0.1, 0.15) is 6.67 Å². The number of hydrogen-bond acceptors (Lipinski definition) is 2. The first-order chi connectivity index (χ1) is 4.86. The average Bonchev–Trinajstić information content (AvgIpc) is 2.05. The molecule has 0 radical (unpaired) electrons. The predicted molar refractivity (Wildman–Crippen MR) is 39.9 cm³/mol. The molecule has 0 amide bonds. The zero-order valence-electron chi connectivity index (χ0n) is 6.44. The van der Waals surface area contributed by atoms with E-state index >= 15 is 0 Å². The Balaban J connectivity index is 2.25. The fourth-order valence-corrected chi connectivity index (χ4v) is 1.28. The molecule has 1 aliphatic rings. The van der Waals surface area contributed by atoms with E-state index in [-0.39, 0.29) is 12.7 Å². The van der Waals surface area contributed by atoms with Crippen LogP contribution < -0.4 is 5.32 Å². The van der Waals surface area contributed by atoms with Crippen LogP contribution in [0.3, 0.4) is 0 Å². The molecule has 1 atom stereocenters. The summed E-state index contributed by atoms with van der Waals surface area (Å²) in [7, 11) is 0. The van der Waals surface area contributed by atoms with Crippen molar-refractivity contribution < 1.29 is 4.39 Å². The van der Waals surface area contributed by atoms with Crippen LogP contribution in [0.2, 0.25) is 0 Å². The second-order valence-electron chi connectivity index (χ2n) is 2.70. The normalized spacial score (nSPS) is 28.8. The lowest BCUT2D eigenvalue weighted by atomic mass is 10.2. The lowest BCUT2D eigenvalue weighted by Crippen LogP contribution is -2.51. The van der Waals surface area contributed by atoms with Gasteiger partial charge in [-0.25, -0.2) is 4.39 Å². The zero-order valence-corrected chi connectivity index (χ0v) is 6.44. The third-order valence-electron chi connectivity index (χ3n) is 1.97. The maximum absolute atomic E-state index is 12.1. The van der Waals surface area contributed by atoms with Crippen molar-refractivity contribution in [3.8, 4) is 0 Å². The molecule has 0 spiro atoms. The van der Waals surface area contributed by atoms with Crippen LogP contribution in [0.15, 0.2) is 0 Å². The molecule has 1 fully saturated rings. The van der Waals surface area contributed by atoms with Crippen LogP contribution in [0.5, 0.6) is 0 Å². The summed E-state index contributed by atoms with van der Waals surface area (Å²) in [4.78, 5) is 2.26. The smallest absolute Gasteiger partial charge is 0.106 e. The van der Waals surface area contributed by atoms with Crippen LogP contribution in [0.1, 0.15) is 6.92 Å². The summed E-state index contributed by atoms with van der Waals surface area (Å²) in [5.74, 6) is 0. The van der Waals surface area contributed by atoms with Crippen molar-refractivity contribution in [3.05, 3.63) is 0 Å². The van der Waals surface area contributed by atoms with Crippen molar-refractivity contribution in [3.63, 3.8) is 0 Å². The maximum atomic E-state index is 12.1. The molecule has 0 saturated carbocycles. The molecule has 0 aliphatic carbocycles. The molecule has 0 aromatic carbocycles. The molecule has 10 heavy (non-hydrogen) atoms. The summed E-state index contributed by atoms with van der Waals surface area (Å²) in [5, 5.41) is 3.12. The van der Waals surface area contributed by atoms with Gasteiger partial charge in [-0.05, 0) is 6.54 Å². The number of hydrogen-bond donors (Lipinski definition) is 1. The van der Waals surface area contributed by atoms with Crippen molar-refractivity contribution in [2.45, 2.75) is 13.0 Å². The second kappa shape index (κ2) is 3.88. The zero-order chi connectivity index (χ0) is 7.40. The highest BCUT2D eigenvalue weighted by molar-refractivity contribution is 4.76. The van der Waals surface area contributed by atoms with Crippen molar-refractivity contribution in [2.24, 2.45) is 0 Å². The van der Waals surface area contributed by atoms with E-state index in [0.717, 1.165) is 26.2 Å². The van der Waals surface area contributed by atoms with Crippen LogP contribution in [0, 0.1) is 0 Å². The van der Waals surface area contributed by atoms with Crippen LogP contribution >= 0.6 is 0 Å². The predicted octanol–water partition coefficient (Wildman–Crippen LogP) is 0.250. The molecular formula is C7H15FN2. The van der Waals surface area contributed by atoms with Gasteiger partial charge in [0.05, 0.1) is 0 Å². The molecule has 1 N–H and O–H groups in total. The Morgan fingerprint density at radius 3 is 3.10 bits per heavy atom. The standard InChI is InChI=1S/C7H15FN2/c1-2-10-4-3-9-7(5-8)6-10/h7,9H,2-6H2,1H3/t7-/m0/s1. The Hall–Kier alpha value is -0.150. The topological polar surface area (TPSA) is 15.3 Å². The molecule has 1 rings (SSSR count). The molecule has 0 unspecified atom stereocenters. The number of alkyl halides is 1.